The highest BCUT2D eigenvalue weighted by Crippen LogP contribution is 2.41. The largest absolute Gasteiger partial charge is 0.463 e. The number of nitrogens with zero attached hydrogens (tertiary/aromatic N) is 3. The Morgan fingerprint density at radius 2 is 1.60 bits per heavy atom. The number of esters is 2. The van der Waals surface area contributed by atoms with Gasteiger partial charge in [0, 0.05) is 31.3 Å². The van der Waals surface area contributed by atoms with Gasteiger partial charge in [-0.15, -0.1) is 0 Å². The van der Waals surface area contributed by atoms with Crippen molar-refractivity contribution < 1.29 is 56.2 Å². The first-order valence-corrected chi connectivity index (χ1v) is 14.4. The molecule has 0 saturated carbocycles. The maximum atomic E-state index is 14.5. The monoisotopic (exact) mass is 647 g/mol. The molecule has 1 saturated heterocycles. The molecule has 45 heavy (non-hydrogen) atoms. The molecule has 1 atom stereocenters. The highest BCUT2D eigenvalue weighted by molar-refractivity contribution is 6.04. The third kappa shape index (κ3) is 8.97. The quantitative estimate of drug-likeness (QED) is 0.110. The van der Waals surface area contributed by atoms with E-state index in [0.29, 0.717) is 25.5 Å². The third-order valence-corrected chi connectivity index (χ3v) is 6.71. The van der Waals surface area contributed by atoms with Crippen LogP contribution in [0, 0.1) is 10.1 Å². The Morgan fingerprint density at radius 3 is 2.04 bits per heavy atom. The normalized spacial score (nSPS) is 15.7. The van der Waals surface area contributed by atoms with Gasteiger partial charge in [0.1, 0.15) is 5.60 Å². The van der Waals surface area contributed by atoms with Crippen LogP contribution in [-0.4, -0.2) is 88.3 Å². The number of piperidine rings is 1. The molecule has 0 bridgehead atoms. The van der Waals surface area contributed by atoms with Gasteiger partial charge in [-0.3, -0.25) is 14.9 Å². The summed E-state index contributed by atoms with van der Waals surface area (Å²) in [5.74, 6) is -5.01. The molecule has 1 aromatic carbocycles. The number of benzene rings is 1. The van der Waals surface area contributed by atoms with E-state index in [4.69, 9.17) is 18.9 Å². The summed E-state index contributed by atoms with van der Waals surface area (Å²) in [5.41, 5.74) is -7.30. The Bertz CT molecular complexity index is 1280. The molecule has 0 spiro atoms. The standard InChI is InChI=1S/C29H40F3N3O10/c1-9-42-24(37)28(8,25(38)43-10-2)44-22-15-20(29(30,31)32)19(14-21(22)35(40)41)23(36)34(17(3)4)18-12-11-13-33(16-18)26(39)45-27(5,6)7/h14-15,17-18H,9-13,16H2,1-8H3/t18-/m1/s1. The van der Waals surface area contributed by atoms with Gasteiger partial charge in [-0.25, -0.2) is 14.4 Å². The van der Waals surface area contributed by atoms with Crippen molar-refractivity contribution in [3.8, 4) is 5.75 Å². The number of ether oxygens (including phenoxy) is 4. The molecule has 1 aromatic rings. The molecule has 1 heterocycles. The minimum atomic E-state index is -5.24. The lowest BCUT2D eigenvalue weighted by Gasteiger charge is -2.41. The van der Waals surface area contributed by atoms with E-state index in [1.54, 1.807) is 34.6 Å². The van der Waals surface area contributed by atoms with Gasteiger partial charge in [0.25, 0.3) is 11.5 Å². The smallest absolute Gasteiger partial charge is 0.417 e. The molecule has 0 N–H and O–H groups in total. The van der Waals surface area contributed by atoms with E-state index in [1.807, 2.05) is 0 Å². The summed E-state index contributed by atoms with van der Waals surface area (Å²) in [6.45, 7) is 11.6. The first-order chi connectivity index (χ1) is 20.7. The molecular formula is C29H40F3N3O10. The Morgan fingerprint density at radius 1 is 1.04 bits per heavy atom. The van der Waals surface area contributed by atoms with Gasteiger partial charge >= 0.3 is 29.9 Å². The minimum absolute atomic E-state index is 0.0408. The highest BCUT2D eigenvalue weighted by atomic mass is 19.4. The lowest BCUT2D eigenvalue weighted by molar-refractivity contribution is -0.386. The van der Waals surface area contributed by atoms with Gasteiger partial charge in [0.05, 0.1) is 35.3 Å². The van der Waals surface area contributed by atoms with Gasteiger partial charge in [0.15, 0.2) is 5.75 Å². The fraction of sp³-hybridized carbons (Fsp3) is 0.655. The first-order valence-electron chi connectivity index (χ1n) is 14.4. The van der Waals surface area contributed by atoms with Crippen molar-refractivity contribution in [1.82, 2.24) is 9.80 Å². The highest BCUT2D eigenvalue weighted by Gasteiger charge is 2.50. The molecule has 252 valence electrons. The number of hydrogen-bond acceptors (Lipinski definition) is 10. The second-order valence-electron chi connectivity index (χ2n) is 11.7. The fourth-order valence-corrected chi connectivity index (χ4v) is 4.76. The maximum Gasteiger partial charge on any atom is 0.417 e. The Balaban J connectivity index is 2.67. The van der Waals surface area contributed by atoms with E-state index in [1.165, 1.54) is 18.7 Å². The van der Waals surface area contributed by atoms with Crippen molar-refractivity contribution in [3.63, 3.8) is 0 Å². The number of rotatable bonds is 10. The van der Waals surface area contributed by atoms with Gasteiger partial charge < -0.3 is 28.7 Å². The van der Waals surface area contributed by atoms with E-state index < -0.39 is 80.9 Å². The predicted octanol–water partition coefficient (Wildman–Crippen LogP) is 5.13. The van der Waals surface area contributed by atoms with Crippen molar-refractivity contribution in [2.24, 2.45) is 0 Å². The van der Waals surface area contributed by atoms with E-state index in [0.717, 1.165) is 11.8 Å². The lowest BCUT2D eigenvalue weighted by Crippen LogP contribution is -2.54. The number of nitro benzene ring substituents is 1. The molecule has 2 rings (SSSR count). The summed E-state index contributed by atoms with van der Waals surface area (Å²) in [4.78, 5) is 65.5. The Kier molecular flexibility index (Phi) is 11.8. The number of amides is 2. The third-order valence-electron chi connectivity index (χ3n) is 6.71. The molecule has 1 fully saturated rings. The molecule has 0 unspecified atom stereocenters. The topological polar surface area (TPSA) is 155 Å². The number of hydrogen-bond donors (Lipinski definition) is 0. The zero-order valence-corrected chi connectivity index (χ0v) is 26.6. The Labute approximate surface area is 259 Å². The van der Waals surface area contributed by atoms with Crippen LogP contribution < -0.4 is 4.74 Å². The van der Waals surface area contributed by atoms with Crippen molar-refractivity contribution in [2.75, 3.05) is 26.3 Å². The summed E-state index contributed by atoms with van der Waals surface area (Å²) in [7, 11) is 0. The number of halogens is 3. The van der Waals surface area contributed by atoms with Gasteiger partial charge in [-0.2, -0.15) is 13.2 Å². The Hall–Kier alpha value is -4.11. The molecular weight excluding hydrogens is 607 g/mol. The van der Waals surface area contributed by atoms with Crippen LogP contribution in [0.2, 0.25) is 0 Å². The summed E-state index contributed by atoms with van der Waals surface area (Å²) < 4.78 is 63.9. The summed E-state index contributed by atoms with van der Waals surface area (Å²) in [6.07, 6.45) is -5.13. The molecule has 0 aromatic heterocycles. The predicted molar refractivity (Wildman–Crippen MR) is 153 cm³/mol. The second-order valence-corrected chi connectivity index (χ2v) is 11.7. The minimum Gasteiger partial charge on any atom is -0.463 e. The van der Waals surface area contributed by atoms with Gasteiger partial charge in [-0.05, 0) is 68.2 Å². The van der Waals surface area contributed by atoms with Crippen LogP contribution in [0.4, 0.5) is 23.7 Å². The van der Waals surface area contributed by atoms with Crippen LogP contribution in [0.5, 0.6) is 5.75 Å². The molecule has 13 nitrogen and oxygen atoms in total. The van der Waals surface area contributed by atoms with Crippen LogP contribution >= 0.6 is 0 Å². The molecule has 2 amide bonds. The van der Waals surface area contributed by atoms with E-state index in [2.05, 4.69) is 0 Å². The summed E-state index contributed by atoms with van der Waals surface area (Å²) in [5, 5.41) is 12.1. The summed E-state index contributed by atoms with van der Waals surface area (Å²) in [6, 6.07) is -0.825. The van der Waals surface area contributed by atoms with Gasteiger partial charge in [-0.1, -0.05) is 0 Å². The molecule has 1 aliphatic heterocycles. The van der Waals surface area contributed by atoms with Crippen LogP contribution in [-0.2, 0) is 30.0 Å². The van der Waals surface area contributed by atoms with Crippen LogP contribution in [0.15, 0.2) is 12.1 Å². The second kappa shape index (κ2) is 14.3. The molecule has 0 radical (unpaired) electrons. The van der Waals surface area contributed by atoms with Gasteiger partial charge in [0.2, 0.25) is 0 Å². The average Bonchev–Trinajstić information content (AvgIpc) is 2.91. The van der Waals surface area contributed by atoms with E-state index in [9.17, 15) is 42.5 Å². The zero-order chi connectivity index (χ0) is 34.5. The summed E-state index contributed by atoms with van der Waals surface area (Å²) >= 11 is 0. The number of alkyl halides is 3. The van der Waals surface area contributed by atoms with Crippen molar-refractivity contribution in [3.05, 3.63) is 33.4 Å². The number of likely N-dealkylation sites (tertiary alicyclic amines) is 1. The van der Waals surface area contributed by atoms with Crippen molar-refractivity contribution in [2.45, 2.75) is 97.7 Å². The van der Waals surface area contributed by atoms with Crippen molar-refractivity contribution >= 4 is 29.6 Å². The van der Waals surface area contributed by atoms with Crippen molar-refractivity contribution in [1.29, 1.82) is 0 Å². The fourth-order valence-electron chi connectivity index (χ4n) is 4.76. The average molecular weight is 648 g/mol. The number of carbonyl (C=O) groups excluding carboxylic acids is 4. The van der Waals surface area contributed by atoms with Crippen LogP contribution in [0.25, 0.3) is 0 Å². The lowest BCUT2D eigenvalue weighted by atomic mass is 9.98. The molecule has 0 aliphatic carbocycles. The van der Waals surface area contributed by atoms with E-state index >= 15 is 0 Å². The first kappa shape index (κ1) is 37.1. The van der Waals surface area contributed by atoms with E-state index in [-0.39, 0.29) is 25.8 Å². The maximum absolute atomic E-state index is 14.5. The zero-order valence-electron chi connectivity index (χ0n) is 26.6. The molecule has 1 aliphatic rings. The molecule has 16 heteroatoms. The van der Waals surface area contributed by atoms with Crippen LogP contribution in [0.1, 0.15) is 84.2 Å². The SMILES string of the molecule is CCOC(=O)C(C)(Oc1cc(C(F)(F)F)c(C(=O)N(C(C)C)[C@@H]2CCCN(C(=O)OC(C)(C)C)C2)cc1[N+](=O)[O-])C(=O)OCC. The van der Waals surface area contributed by atoms with Crippen LogP contribution in [0.3, 0.4) is 0 Å². The number of carbonyl (C=O) groups is 4. The number of nitro groups is 1.